The number of aromatic nitrogens is 2. The van der Waals surface area contributed by atoms with Gasteiger partial charge < -0.3 is 15.2 Å². The minimum atomic E-state index is -0.839. The Morgan fingerprint density at radius 2 is 2.05 bits per heavy atom. The average Bonchev–Trinajstić information content (AvgIpc) is 2.26. The Morgan fingerprint density at radius 1 is 1.37 bits per heavy atom. The summed E-state index contributed by atoms with van der Waals surface area (Å²) in [5, 5.41) is 12.0. The Morgan fingerprint density at radius 3 is 2.58 bits per heavy atom. The van der Waals surface area contributed by atoms with Crippen LogP contribution in [0.4, 0.5) is 5.82 Å². The second kappa shape index (κ2) is 6.92. The van der Waals surface area contributed by atoms with Gasteiger partial charge in [-0.05, 0) is 19.8 Å². The van der Waals surface area contributed by atoms with Crippen LogP contribution in [0.25, 0.3) is 0 Å². The first-order chi connectivity index (χ1) is 8.88. The number of hydrogen-bond donors (Lipinski definition) is 2. The third-order valence-electron chi connectivity index (χ3n) is 2.50. The smallest absolute Gasteiger partial charge is 0.305 e. The van der Waals surface area contributed by atoms with E-state index in [0.717, 1.165) is 0 Å². The molecule has 0 amide bonds. The molecule has 1 unspecified atom stereocenters. The molecule has 6 heteroatoms. The Labute approximate surface area is 113 Å². The van der Waals surface area contributed by atoms with Crippen molar-refractivity contribution in [3.05, 3.63) is 12.4 Å². The third-order valence-corrected chi connectivity index (χ3v) is 2.50. The summed E-state index contributed by atoms with van der Waals surface area (Å²) in [6.45, 7) is 7.73. The summed E-state index contributed by atoms with van der Waals surface area (Å²) in [5.74, 6) is 0.289. The van der Waals surface area contributed by atoms with Gasteiger partial charge in [-0.25, -0.2) is 0 Å². The molecule has 1 rings (SSSR count). The molecule has 1 atom stereocenters. The van der Waals surface area contributed by atoms with Crippen molar-refractivity contribution in [2.75, 3.05) is 5.32 Å². The fourth-order valence-electron chi connectivity index (χ4n) is 1.55. The maximum absolute atomic E-state index is 10.8. The molecule has 0 spiro atoms. The number of carboxylic acid groups (broad SMARTS) is 1. The predicted octanol–water partition coefficient (Wildman–Crippen LogP) is 2.17. The van der Waals surface area contributed by atoms with Gasteiger partial charge in [-0.15, -0.1) is 0 Å². The van der Waals surface area contributed by atoms with Gasteiger partial charge in [-0.3, -0.25) is 9.78 Å². The van der Waals surface area contributed by atoms with Gasteiger partial charge in [0.15, 0.2) is 0 Å². The summed E-state index contributed by atoms with van der Waals surface area (Å²) in [6.07, 6.45) is 3.15. The summed E-state index contributed by atoms with van der Waals surface area (Å²) in [7, 11) is 0. The molecule has 6 nitrogen and oxygen atoms in total. The molecule has 19 heavy (non-hydrogen) atoms. The molecule has 1 heterocycles. The largest absolute Gasteiger partial charge is 0.481 e. The van der Waals surface area contributed by atoms with Crippen molar-refractivity contribution in [2.45, 2.75) is 46.3 Å². The minimum Gasteiger partial charge on any atom is -0.481 e. The topological polar surface area (TPSA) is 84.3 Å². The van der Waals surface area contributed by atoms with E-state index in [-0.39, 0.29) is 24.5 Å². The average molecular weight is 267 g/mol. The highest BCUT2D eigenvalue weighted by atomic mass is 16.5. The SMILES string of the molecule is CC(C)Oc1cncc(NC(CC(=O)O)C(C)C)n1. The van der Waals surface area contributed by atoms with Gasteiger partial charge in [0.2, 0.25) is 5.88 Å². The van der Waals surface area contributed by atoms with Crippen LogP contribution in [0.3, 0.4) is 0 Å². The molecule has 0 saturated heterocycles. The molecule has 0 bridgehead atoms. The molecule has 0 fully saturated rings. The van der Waals surface area contributed by atoms with Crippen molar-refractivity contribution < 1.29 is 14.6 Å². The third kappa shape index (κ3) is 5.54. The fraction of sp³-hybridized carbons (Fsp3) is 0.615. The zero-order chi connectivity index (χ0) is 14.4. The molecule has 0 aromatic carbocycles. The van der Waals surface area contributed by atoms with Crippen molar-refractivity contribution in [1.82, 2.24) is 9.97 Å². The van der Waals surface area contributed by atoms with E-state index in [9.17, 15) is 4.79 Å². The second-order valence-electron chi connectivity index (χ2n) is 5.00. The van der Waals surface area contributed by atoms with Crippen LogP contribution in [0.15, 0.2) is 12.4 Å². The van der Waals surface area contributed by atoms with Gasteiger partial charge >= 0.3 is 5.97 Å². The van der Waals surface area contributed by atoms with Gasteiger partial charge in [-0.2, -0.15) is 4.98 Å². The van der Waals surface area contributed by atoms with Crippen molar-refractivity contribution >= 4 is 11.8 Å². The number of ether oxygens (including phenoxy) is 1. The van der Waals surface area contributed by atoms with E-state index < -0.39 is 5.97 Å². The maximum Gasteiger partial charge on any atom is 0.305 e. The van der Waals surface area contributed by atoms with Gasteiger partial charge in [0.05, 0.1) is 24.9 Å². The number of nitrogens with one attached hydrogen (secondary N) is 1. The molecule has 0 aliphatic carbocycles. The van der Waals surface area contributed by atoms with Crippen LogP contribution < -0.4 is 10.1 Å². The molecule has 1 aromatic heterocycles. The van der Waals surface area contributed by atoms with E-state index in [1.165, 1.54) is 6.20 Å². The van der Waals surface area contributed by atoms with Crippen LogP contribution in [0.2, 0.25) is 0 Å². The van der Waals surface area contributed by atoms with E-state index in [0.29, 0.717) is 11.7 Å². The highest BCUT2D eigenvalue weighted by molar-refractivity contribution is 5.68. The van der Waals surface area contributed by atoms with E-state index >= 15 is 0 Å². The lowest BCUT2D eigenvalue weighted by Gasteiger charge is -2.21. The van der Waals surface area contributed by atoms with Crippen LogP contribution in [0, 0.1) is 5.92 Å². The summed E-state index contributed by atoms with van der Waals surface area (Å²) >= 11 is 0. The highest BCUT2D eigenvalue weighted by Gasteiger charge is 2.17. The fourth-order valence-corrected chi connectivity index (χ4v) is 1.55. The lowest BCUT2D eigenvalue weighted by atomic mass is 10.0. The molecule has 2 N–H and O–H groups in total. The second-order valence-corrected chi connectivity index (χ2v) is 5.00. The van der Waals surface area contributed by atoms with E-state index in [2.05, 4.69) is 15.3 Å². The zero-order valence-corrected chi connectivity index (χ0v) is 11.8. The van der Waals surface area contributed by atoms with Gasteiger partial charge in [0.25, 0.3) is 0 Å². The number of carboxylic acids is 1. The Kier molecular flexibility index (Phi) is 5.54. The van der Waals surface area contributed by atoms with Crippen LogP contribution in [0.5, 0.6) is 5.88 Å². The lowest BCUT2D eigenvalue weighted by molar-refractivity contribution is -0.137. The zero-order valence-electron chi connectivity index (χ0n) is 11.8. The first-order valence-electron chi connectivity index (χ1n) is 6.35. The van der Waals surface area contributed by atoms with Gasteiger partial charge in [-0.1, -0.05) is 13.8 Å². The first-order valence-corrected chi connectivity index (χ1v) is 6.35. The number of anilines is 1. The van der Waals surface area contributed by atoms with Gasteiger partial charge in [0.1, 0.15) is 5.82 Å². The number of carbonyl (C=O) groups is 1. The number of nitrogens with zero attached hydrogens (tertiary/aromatic N) is 2. The normalized spacial score (nSPS) is 12.5. The van der Waals surface area contributed by atoms with Crippen LogP contribution in [0.1, 0.15) is 34.1 Å². The van der Waals surface area contributed by atoms with Crippen molar-refractivity contribution in [3.8, 4) is 5.88 Å². The molecule has 106 valence electrons. The Balaban J connectivity index is 2.75. The Hall–Kier alpha value is -1.85. The highest BCUT2D eigenvalue weighted by Crippen LogP contribution is 2.16. The molecule has 0 aliphatic rings. The summed E-state index contributed by atoms with van der Waals surface area (Å²) in [6, 6.07) is -0.193. The standard InChI is InChI=1S/C13H21N3O3/c1-8(2)10(5-13(17)18)15-11-6-14-7-12(16-11)19-9(3)4/h6-10H,5H2,1-4H3,(H,15,16)(H,17,18). The maximum atomic E-state index is 10.8. The van der Waals surface area contributed by atoms with Crippen molar-refractivity contribution in [2.24, 2.45) is 5.92 Å². The summed E-state index contributed by atoms with van der Waals surface area (Å²) in [5.41, 5.74) is 0. The lowest BCUT2D eigenvalue weighted by Crippen LogP contribution is -2.29. The van der Waals surface area contributed by atoms with Crippen molar-refractivity contribution in [1.29, 1.82) is 0 Å². The molecule has 1 aromatic rings. The van der Waals surface area contributed by atoms with Crippen LogP contribution in [-0.4, -0.2) is 33.2 Å². The van der Waals surface area contributed by atoms with Crippen LogP contribution in [-0.2, 0) is 4.79 Å². The molecule has 0 radical (unpaired) electrons. The van der Waals surface area contributed by atoms with E-state index in [1.54, 1.807) is 6.20 Å². The summed E-state index contributed by atoms with van der Waals surface area (Å²) < 4.78 is 5.45. The van der Waals surface area contributed by atoms with Crippen molar-refractivity contribution in [3.63, 3.8) is 0 Å². The molecule has 0 saturated carbocycles. The molecule has 0 aliphatic heterocycles. The monoisotopic (exact) mass is 267 g/mol. The predicted molar refractivity (Wildman–Crippen MR) is 72.3 cm³/mol. The first kappa shape index (κ1) is 15.2. The van der Waals surface area contributed by atoms with E-state index in [4.69, 9.17) is 9.84 Å². The molecular weight excluding hydrogens is 246 g/mol. The van der Waals surface area contributed by atoms with Gasteiger partial charge in [0, 0.05) is 6.04 Å². The minimum absolute atomic E-state index is 0.0180. The summed E-state index contributed by atoms with van der Waals surface area (Å²) in [4.78, 5) is 19.1. The molecular formula is C13H21N3O3. The number of aliphatic carboxylic acids is 1. The van der Waals surface area contributed by atoms with E-state index in [1.807, 2.05) is 27.7 Å². The quantitative estimate of drug-likeness (QED) is 0.787. The van der Waals surface area contributed by atoms with Crippen LogP contribution >= 0.6 is 0 Å². The Bertz CT molecular complexity index is 421. The number of hydrogen-bond acceptors (Lipinski definition) is 5. The number of rotatable bonds is 7.